The van der Waals surface area contributed by atoms with Crippen LogP contribution < -0.4 is 10.1 Å². The molecule has 1 aliphatic carbocycles. The lowest BCUT2D eigenvalue weighted by Crippen LogP contribution is -2.31. The number of methoxy groups -OCH3 is 1. The second kappa shape index (κ2) is 9.10. The molecule has 1 saturated carbocycles. The number of aromatic amines is 1. The topological polar surface area (TPSA) is 84.8 Å². The van der Waals surface area contributed by atoms with Gasteiger partial charge in [0.25, 0.3) is 5.91 Å². The summed E-state index contributed by atoms with van der Waals surface area (Å²) in [6.45, 7) is 0.678. The number of ether oxygens (including phenoxy) is 1. The van der Waals surface area contributed by atoms with E-state index < -0.39 is 0 Å². The van der Waals surface area contributed by atoms with Gasteiger partial charge in [0.2, 0.25) is 0 Å². The van der Waals surface area contributed by atoms with E-state index in [0.717, 1.165) is 42.5 Å². The molecule has 2 aromatic heterocycles. The van der Waals surface area contributed by atoms with Crippen molar-refractivity contribution in [1.82, 2.24) is 25.1 Å². The van der Waals surface area contributed by atoms with Crippen LogP contribution in [0.4, 0.5) is 0 Å². The summed E-state index contributed by atoms with van der Waals surface area (Å²) in [4.78, 5) is 17.6. The van der Waals surface area contributed by atoms with Gasteiger partial charge in [-0.15, -0.1) is 0 Å². The molecule has 0 spiro atoms. The summed E-state index contributed by atoms with van der Waals surface area (Å²) in [6.07, 6.45) is 4.37. The number of fused-ring (bicyclic) bond motifs is 1. The summed E-state index contributed by atoms with van der Waals surface area (Å²) in [6, 6.07) is 17.7. The van der Waals surface area contributed by atoms with E-state index in [-0.39, 0.29) is 5.91 Å². The van der Waals surface area contributed by atoms with Gasteiger partial charge in [0, 0.05) is 25.1 Å². The van der Waals surface area contributed by atoms with Crippen molar-refractivity contribution in [3.8, 4) is 17.0 Å². The number of amides is 1. The molecule has 1 fully saturated rings. The number of rotatable bonds is 6. The average Bonchev–Trinajstić information content (AvgIpc) is 3.48. The van der Waals surface area contributed by atoms with E-state index in [2.05, 4.69) is 45.3 Å². The fourth-order valence-corrected chi connectivity index (χ4v) is 4.92. The second-order valence-corrected chi connectivity index (χ2v) is 8.81. The zero-order chi connectivity index (χ0) is 22.8. The van der Waals surface area contributed by atoms with Gasteiger partial charge in [-0.2, -0.15) is 5.10 Å². The quantitative estimate of drug-likeness (QED) is 0.453. The Morgan fingerprint density at radius 3 is 2.67 bits per heavy atom. The van der Waals surface area contributed by atoms with Gasteiger partial charge in [-0.05, 0) is 61.9 Å². The van der Waals surface area contributed by atoms with Crippen molar-refractivity contribution in [2.75, 3.05) is 13.7 Å². The molecule has 0 radical (unpaired) electrons. The molecule has 0 bridgehead atoms. The highest BCUT2D eigenvalue weighted by Crippen LogP contribution is 2.36. The van der Waals surface area contributed by atoms with Gasteiger partial charge in [-0.1, -0.05) is 24.3 Å². The molecule has 4 aromatic rings. The molecule has 7 heteroatoms. The molecular weight excluding hydrogens is 414 g/mol. The van der Waals surface area contributed by atoms with Crippen LogP contribution in [0.5, 0.6) is 5.75 Å². The third-order valence-electron chi connectivity index (χ3n) is 6.79. The van der Waals surface area contributed by atoms with Crippen LogP contribution in [-0.4, -0.2) is 39.3 Å². The van der Waals surface area contributed by atoms with Gasteiger partial charge in [-0.25, -0.2) is 4.98 Å². The second-order valence-electron chi connectivity index (χ2n) is 8.81. The molecule has 0 aliphatic heterocycles. The molecule has 1 aliphatic rings. The molecule has 7 nitrogen and oxygen atoms in total. The summed E-state index contributed by atoms with van der Waals surface area (Å²) < 4.78 is 7.64. The third-order valence-corrected chi connectivity index (χ3v) is 6.79. The first-order valence-electron chi connectivity index (χ1n) is 11.5. The van der Waals surface area contributed by atoms with Crippen molar-refractivity contribution in [3.63, 3.8) is 0 Å². The first-order valence-corrected chi connectivity index (χ1v) is 11.5. The van der Waals surface area contributed by atoms with Crippen molar-refractivity contribution in [2.45, 2.75) is 31.6 Å². The SMILES string of the molecule is COc1ccccc1-c1cc(C(=O)NCC2CCC(c3nc4ccccc4n3C)CC2)[nH]n1. The number of hydrogen-bond acceptors (Lipinski definition) is 4. The Bertz CT molecular complexity index is 1270. The van der Waals surface area contributed by atoms with E-state index in [0.29, 0.717) is 29.8 Å². The maximum atomic E-state index is 12.7. The van der Waals surface area contributed by atoms with Crippen LogP contribution in [-0.2, 0) is 7.05 Å². The fraction of sp³-hybridized carbons (Fsp3) is 0.346. The monoisotopic (exact) mass is 443 g/mol. The predicted octanol–water partition coefficient (Wildman–Crippen LogP) is 4.68. The van der Waals surface area contributed by atoms with E-state index in [4.69, 9.17) is 9.72 Å². The van der Waals surface area contributed by atoms with Gasteiger partial charge in [0.15, 0.2) is 0 Å². The van der Waals surface area contributed by atoms with Gasteiger partial charge in [0.05, 0.1) is 23.8 Å². The number of imidazole rings is 1. The highest BCUT2D eigenvalue weighted by atomic mass is 16.5. The number of H-pyrrole nitrogens is 1. The van der Waals surface area contributed by atoms with Crippen molar-refractivity contribution in [1.29, 1.82) is 0 Å². The number of aromatic nitrogens is 4. The number of nitrogens with one attached hydrogen (secondary N) is 2. The Morgan fingerprint density at radius 1 is 1.12 bits per heavy atom. The van der Waals surface area contributed by atoms with Crippen LogP contribution in [0, 0.1) is 5.92 Å². The molecule has 2 N–H and O–H groups in total. The molecule has 2 aromatic carbocycles. The predicted molar refractivity (Wildman–Crippen MR) is 128 cm³/mol. The minimum Gasteiger partial charge on any atom is -0.496 e. The largest absolute Gasteiger partial charge is 0.496 e. The maximum absolute atomic E-state index is 12.7. The number of hydrogen-bond donors (Lipinski definition) is 2. The Kier molecular flexibility index (Phi) is 5.86. The van der Waals surface area contributed by atoms with Gasteiger partial charge >= 0.3 is 0 Å². The molecule has 2 heterocycles. The van der Waals surface area contributed by atoms with Gasteiger partial charge in [-0.3, -0.25) is 9.89 Å². The first kappa shape index (κ1) is 21.2. The van der Waals surface area contributed by atoms with Crippen molar-refractivity contribution in [3.05, 3.63) is 66.1 Å². The summed E-state index contributed by atoms with van der Waals surface area (Å²) in [5.74, 6) is 2.75. The highest BCUT2D eigenvalue weighted by molar-refractivity contribution is 5.93. The lowest BCUT2D eigenvalue weighted by molar-refractivity contribution is 0.0937. The number of carbonyl (C=O) groups is 1. The standard InChI is InChI=1S/C26H29N5O2/c1-31-23-9-5-4-8-20(23)28-25(31)18-13-11-17(12-14-18)16-27-26(32)22-15-21(29-30-22)19-7-3-6-10-24(19)33-2/h3-10,15,17-18H,11-14,16H2,1-2H3,(H,27,32)(H,29,30). The summed E-state index contributed by atoms with van der Waals surface area (Å²) >= 11 is 0. The zero-order valence-corrected chi connectivity index (χ0v) is 19.0. The lowest BCUT2D eigenvalue weighted by atomic mass is 9.81. The molecule has 170 valence electrons. The molecular formula is C26H29N5O2. The van der Waals surface area contributed by atoms with Gasteiger partial charge in [0.1, 0.15) is 17.3 Å². The number of benzene rings is 2. The minimum atomic E-state index is -0.124. The number of nitrogens with zero attached hydrogens (tertiary/aromatic N) is 3. The minimum absolute atomic E-state index is 0.124. The summed E-state index contributed by atoms with van der Waals surface area (Å²) in [5.41, 5.74) is 4.27. The Morgan fingerprint density at radius 2 is 1.88 bits per heavy atom. The maximum Gasteiger partial charge on any atom is 0.269 e. The van der Waals surface area contributed by atoms with Crippen molar-refractivity contribution >= 4 is 16.9 Å². The zero-order valence-electron chi connectivity index (χ0n) is 19.0. The van der Waals surface area contributed by atoms with E-state index >= 15 is 0 Å². The number of para-hydroxylation sites is 3. The smallest absolute Gasteiger partial charge is 0.269 e. The summed E-state index contributed by atoms with van der Waals surface area (Å²) in [5, 5.41) is 10.3. The van der Waals surface area contributed by atoms with Crippen LogP contribution >= 0.6 is 0 Å². The Hall–Kier alpha value is -3.61. The van der Waals surface area contributed by atoms with E-state index in [9.17, 15) is 4.79 Å². The van der Waals surface area contributed by atoms with Crippen LogP contribution in [0.3, 0.4) is 0 Å². The van der Waals surface area contributed by atoms with Crippen LogP contribution in [0.2, 0.25) is 0 Å². The summed E-state index contributed by atoms with van der Waals surface area (Å²) in [7, 11) is 3.74. The van der Waals surface area contributed by atoms with Crippen LogP contribution in [0.25, 0.3) is 22.3 Å². The molecule has 0 unspecified atom stereocenters. The molecule has 0 atom stereocenters. The lowest BCUT2D eigenvalue weighted by Gasteiger charge is -2.28. The highest BCUT2D eigenvalue weighted by Gasteiger charge is 2.26. The third kappa shape index (κ3) is 4.23. The average molecular weight is 444 g/mol. The molecule has 1 amide bonds. The fourth-order valence-electron chi connectivity index (χ4n) is 4.92. The van der Waals surface area contributed by atoms with Gasteiger partial charge < -0.3 is 14.6 Å². The van der Waals surface area contributed by atoms with Crippen molar-refractivity contribution in [2.24, 2.45) is 13.0 Å². The van der Waals surface area contributed by atoms with Crippen LogP contribution in [0.1, 0.15) is 47.9 Å². The van der Waals surface area contributed by atoms with E-state index in [1.165, 1.54) is 11.3 Å². The Labute approximate surface area is 193 Å². The molecule has 5 rings (SSSR count). The van der Waals surface area contributed by atoms with Crippen LogP contribution in [0.15, 0.2) is 54.6 Å². The van der Waals surface area contributed by atoms with E-state index in [1.807, 2.05) is 30.3 Å². The normalized spacial score (nSPS) is 18.4. The first-order chi connectivity index (χ1) is 16.1. The molecule has 0 saturated heterocycles. The Balaban J connectivity index is 1.16. The number of carbonyl (C=O) groups excluding carboxylic acids is 1. The van der Waals surface area contributed by atoms with E-state index in [1.54, 1.807) is 13.2 Å². The number of aryl methyl sites for hydroxylation is 1. The molecule has 33 heavy (non-hydrogen) atoms. The van der Waals surface area contributed by atoms with Crippen molar-refractivity contribution < 1.29 is 9.53 Å².